The molecule has 5 nitrogen and oxygen atoms in total. The summed E-state index contributed by atoms with van der Waals surface area (Å²) in [4.78, 5) is 3.89. The van der Waals surface area contributed by atoms with Crippen molar-refractivity contribution >= 4 is 29.2 Å². The third kappa shape index (κ3) is 3.86. The number of nitrogens with zero attached hydrogens (tertiary/aromatic N) is 1. The lowest BCUT2D eigenvalue weighted by Crippen LogP contribution is -2.39. The van der Waals surface area contributed by atoms with E-state index < -0.39 is 0 Å². The molecule has 0 fully saturated rings. The highest BCUT2D eigenvalue weighted by Crippen LogP contribution is 2.12. The number of anilines is 1. The average Bonchev–Trinajstić information content (AvgIpc) is 2.19. The maximum atomic E-state index is 7.05. The van der Waals surface area contributed by atoms with E-state index in [4.69, 9.17) is 22.7 Å². The molecule has 0 saturated carbocycles. The van der Waals surface area contributed by atoms with Crippen molar-refractivity contribution in [3.63, 3.8) is 0 Å². The van der Waals surface area contributed by atoms with E-state index in [0.29, 0.717) is 11.0 Å². The summed E-state index contributed by atoms with van der Waals surface area (Å²) in [6.45, 7) is 0. The van der Waals surface area contributed by atoms with Crippen LogP contribution in [-0.2, 0) is 0 Å². The van der Waals surface area contributed by atoms with Crippen LogP contribution in [0.5, 0.6) is 0 Å². The fraction of sp³-hybridized carbons (Fsp3) is 0.111. The lowest BCUT2D eigenvalue weighted by Gasteiger charge is -2.09. The molecule has 0 aliphatic carbocycles. The van der Waals surface area contributed by atoms with Gasteiger partial charge in [-0.05, 0) is 24.3 Å². The van der Waals surface area contributed by atoms with Crippen molar-refractivity contribution in [3.05, 3.63) is 29.3 Å². The van der Waals surface area contributed by atoms with Crippen LogP contribution in [-0.4, -0.2) is 19.0 Å². The van der Waals surface area contributed by atoms with Crippen LogP contribution < -0.4 is 16.4 Å². The first-order valence-electron chi connectivity index (χ1n) is 4.22. The van der Waals surface area contributed by atoms with Crippen molar-refractivity contribution in [1.82, 2.24) is 5.32 Å². The van der Waals surface area contributed by atoms with Gasteiger partial charge in [0.25, 0.3) is 0 Å². The fourth-order valence-electron chi connectivity index (χ4n) is 0.941. The molecule has 0 radical (unpaired) electrons. The molecule has 5 N–H and O–H groups in total. The molecule has 0 aromatic heterocycles. The van der Waals surface area contributed by atoms with Gasteiger partial charge < -0.3 is 11.1 Å². The largest absolute Gasteiger partial charge is 0.370 e. The highest BCUT2D eigenvalue weighted by molar-refractivity contribution is 6.30. The molecule has 0 atom stereocenters. The summed E-state index contributed by atoms with van der Waals surface area (Å²) >= 11 is 5.74. The Morgan fingerprint density at radius 3 is 2.47 bits per heavy atom. The van der Waals surface area contributed by atoms with E-state index in [0.717, 1.165) is 5.69 Å². The fourth-order valence-corrected chi connectivity index (χ4v) is 1.07. The van der Waals surface area contributed by atoms with Crippen LogP contribution in [0, 0.1) is 5.41 Å². The molecule has 0 saturated heterocycles. The highest BCUT2D eigenvalue weighted by Gasteiger charge is 1.99. The predicted octanol–water partition coefficient (Wildman–Crippen LogP) is 1.22. The number of rotatable bonds is 1. The molecule has 0 aliphatic heterocycles. The molecule has 0 bridgehead atoms. The molecule has 0 aliphatic rings. The Kier molecular flexibility index (Phi) is 3.93. The van der Waals surface area contributed by atoms with Crippen LogP contribution >= 0.6 is 11.6 Å². The average molecular weight is 226 g/mol. The van der Waals surface area contributed by atoms with Gasteiger partial charge in [-0.1, -0.05) is 11.6 Å². The van der Waals surface area contributed by atoms with Gasteiger partial charge >= 0.3 is 0 Å². The number of hydrogen-bond donors (Lipinski definition) is 4. The lowest BCUT2D eigenvalue weighted by molar-refractivity contribution is 1.20. The molecule has 0 amide bonds. The van der Waals surface area contributed by atoms with Crippen molar-refractivity contribution in [1.29, 1.82) is 5.41 Å². The van der Waals surface area contributed by atoms with E-state index in [1.165, 1.54) is 0 Å². The number of benzene rings is 1. The molecule has 0 unspecified atom stereocenters. The molecule has 0 spiro atoms. The van der Waals surface area contributed by atoms with Crippen LogP contribution in [0.2, 0.25) is 5.02 Å². The first-order chi connectivity index (χ1) is 7.11. The number of hydrogen-bond acceptors (Lipinski definition) is 2. The van der Waals surface area contributed by atoms with Gasteiger partial charge in [0.2, 0.25) is 5.96 Å². The maximum Gasteiger partial charge on any atom is 0.202 e. The van der Waals surface area contributed by atoms with Gasteiger partial charge in [-0.2, -0.15) is 0 Å². The minimum Gasteiger partial charge on any atom is -0.370 e. The Morgan fingerprint density at radius 1 is 1.40 bits per heavy atom. The van der Waals surface area contributed by atoms with Crippen molar-refractivity contribution in [2.24, 2.45) is 10.7 Å². The van der Waals surface area contributed by atoms with Crippen LogP contribution in [0.25, 0.3) is 0 Å². The zero-order valence-corrected chi connectivity index (χ0v) is 8.97. The SMILES string of the molecule is C/N=C(/NC(=N)N)Nc1ccc(Cl)cc1. The Bertz CT molecular complexity index is 371. The molecule has 1 rings (SSSR count). The molecule has 6 heteroatoms. The quantitative estimate of drug-likeness (QED) is 0.428. The maximum absolute atomic E-state index is 7.05. The number of aliphatic imine (C=N–C) groups is 1. The van der Waals surface area contributed by atoms with Gasteiger partial charge in [-0.25, -0.2) is 0 Å². The molecule has 1 aromatic rings. The second-order valence-corrected chi connectivity index (χ2v) is 3.18. The van der Waals surface area contributed by atoms with Gasteiger partial charge in [0.15, 0.2) is 5.96 Å². The van der Waals surface area contributed by atoms with Crippen molar-refractivity contribution in [3.8, 4) is 0 Å². The van der Waals surface area contributed by atoms with Gasteiger partial charge in [-0.15, -0.1) is 0 Å². The summed E-state index contributed by atoms with van der Waals surface area (Å²) < 4.78 is 0. The minimum atomic E-state index is -0.169. The Hall–Kier alpha value is -1.75. The normalized spacial score (nSPS) is 10.9. The van der Waals surface area contributed by atoms with Crippen LogP contribution in [0.15, 0.2) is 29.3 Å². The second-order valence-electron chi connectivity index (χ2n) is 2.74. The third-order valence-corrected chi connectivity index (χ3v) is 1.84. The molecular formula is C9H12ClN5. The van der Waals surface area contributed by atoms with Gasteiger partial charge in [0.05, 0.1) is 0 Å². The van der Waals surface area contributed by atoms with Crippen LogP contribution in [0.4, 0.5) is 5.69 Å². The minimum absolute atomic E-state index is 0.169. The number of nitrogens with one attached hydrogen (secondary N) is 3. The zero-order valence-electron chi connectivity index (χ0n) is 8.21. The standard InChI is InChI=1S/C9H12ClN5/c1-13-9(15-8(11)12)14-7-4-2-6(10)3-5-7/h2-5H,1H3,(H5,11,12,13,14,15). The first kappa shape index (κ1) is 11.3. The topological polar surface area (TPSA) is 86.3 Å². The molecule has 80 valence electrons. The zero-order chi connectivity index (χ0) is 11.3. The summed E-state index contributed by atoms with van der Waals surface area (Å²) in [7, 11) is 1.59. The second kappa shape index (κ2) is 5.21. The number of halogens is 1. The molecule has 1 aromatic carbocycles. The predicted molar refractivity (Wildman–Crippen MR) is 63.5 cm³/mol. The molecular weight excluding hydrogens is 214 g/mol. The Labute approximate surface area is 92.8 Å². The highest BCUT2D eigenvalue weighted by atomic mass is 35.5. The first-order valence-corrected chi connectivity index (χ1v) is 4.60. The van der Waals surface area contributed by atoms with E-state index in [1.807, 2.05) is 0 Å². The Morgan fingerprint density at radius 2 is 2.00 bits per heavy atom. The molecule has 15 heavy (non-hydrogen) atoms. The summed E-state index contributed by atoms with van der Waals surface area (Å²) in [5, 5.41) is 13.2. The summed E-state index contributed by atoms with van der Waals surface area (Å²) in [5.74, 6) is 0.238. The van der Waals surface area contributed by atoms with Crippen molar-refractivity contribution in [2.75, 3.05) is 12.4 Å². The van der Waals surface area contributed by atoms with Gasteiger partial charge in [0.1, 0.15) is 0 Å². The molecule has 0 heterocycles. The summed E-state index contributed by atoms with van der Waals surface area (Å²) in [6.07, 6.45) is 0. The third-order valence-electron chi connectivity index (χ3n) is 1.58. The van der Waals surface area contributed by atoms with Crippen LogP contribution in [0.3, 0.4) is 0 Å². The number of guanidine groups is 2. The van der Waals surface area contributed by atoms with Crippen molar-refractivity contribution in [2.45, 2.75) is 0 Å². The van der Waals surface area contributed by atoms with Crippen molar-refractivity contribution < 1.29 is 0 Å². The number of nitrogens with two attached hydrogens (primary N) is 1. The van der Waals surface area contributed by atoms with E-state index in [9.17, 15) is 0 Å². The van der Waals surface area contributed by atoms with E-state index in [2.05, 4.69) is 15.6 Å². The smallest absolute Gasteiger partial charge is 0.202 e. The monoisotopic (exact) mass is 225 g/mol. The van der Waals surface area contributed by atoms with E-state index >= 15 is 0 Å². The summed E-state index contributed by atoms with van der Waals surface area (Å²) in [6, 6.07) is 7.11. The van der Waals surface area contributed by atoms with E-state index in [1.54, 1.807) is 31.3 Å². The Balaban J connectivity index is 2.67. The van der Waals surface area contributed by atoms with Gasteiger partial charge in [0, 0.05) is 17.8 Å². The van der Waals surface area contributed by atoms with E-state index in [-0.39, 0.29) is 5.96 Å². The van der Waals surface area contributed by atoms with Gasteiger partial charge in [-0.3, -0.25) is 15.7 Å². The summed E-state index contributed by atoms with van der Waals surface area (Å²) in [5.41, 5.74) is 5.99. The van der Waals surface area contributed by atoms with Crippen LogP contribution in [0.1, 0.15) is 0 Å². The lowest BCUT2D eigenvalue weighted by atomic mass is 10.3.